The van der Waals surface area contributed by atoms with E-state index in [1.54, 1.807) is 17.5 Å². The SMILES string of the molecule is COC(=O)CCc1csc2nccn12. The Morgan fingerprint density at radius 3 is 3.36 bits per heavy atom. The maximum atomic E-state index is 10.9. The number of fused-ring (bicyclic) bond motifs is 1. The summed E-state index contributed by atoms with van der Waals surface area (Å²) in [6, 6.07) is 0. The van der Waals surface area contributed by atoms with Crippen LogP contribution < -0.4 is 0 Å². The number of thiazole rings is 1. The quantitative estimate of drug-likeness (QED) is 0.721. The highest BCUT2D eigenvalue weighted by molar-refractivity contribution is 7.15. The standard InChI is InChI=1S/C9H10N2O2S/c1-13-8(12)3-2-7-6-14-9-10-4-5-11(7)9/h4-6H,2-3H2,1H3. The molecule has 5 heteroatoms. The molecule has 0 aliphatic heterocycles. The summed E-state index contributed by atoms with van der Waals surface area (Å²) < 4.78 is 6.58. The summed E-state index contributed by atoms with van der Waals surface area (Å²) in [6.07, 6.45) is 4.77. The number of hydrogen-bond acceptors (Lipinski definition) is 4. The van der Waals surface area contributed by atoms with Crippen LogP contribution in [0.2, 0.25) is 0 Å². The Hall–Kier alpha value is -1.36. The summed E-state index contributed by atoms with van der Waals surface area (Å²) in [5.41, 5.74) is 1.10. The van der Waals surface area contributed by atoms with Crippen molar-refractivity contribution in [3.63, 3.8) is 0 Å². The van der Waals surface area contributed by atoms with Crippen molar-refractivity contribution in [1.82, 2.24) is 9.38 Å². The highest BCUT2D eigenvalue weighted by Gasteiger charge is 2.06. The Bertz CT molecular complexity index is 446. The van der Waals surface area contributed by atoms with Crippen molar-refractivity contribution in [3.05, 3.63) is 23.5 Å². The van der Waals surface area contributed by atoms with Gasteiger partial charge in [0.25, 0.3) is 0 Å². The molecular weight excluding hydrogens is 200 g/mol. The van der Waals surface area contributed by atoms with Crippen LogP contribution in [0, 0.1) is 0 Å². The van der Waals surface area contributed by atoms with Gasteiger partial charge in [0.15, 0.2) is 4.96 Å². The lowest BCUT2D eigenvalue weighted by Crippen LogP contribution is -2.02. The summed E-state index contributed by atoms with van der Waals surface area (Å²) in [5.74, 6) is -0.176. The van der Waals surface area contributed by atoms with Crippen LogP contribution in [-0.2, 0) is 16.0 Å². The average molecular weight is 210 g/mol. The number of methoxy groups -OCH3 is 1. The van der Waals surface area contributed by atoms with Gasteiger partial charge in [0.05, 0.1) is 13.5 Å². The number of esters is 1. The van der Waals surface area contributed by atoms with Gasteiger partial charge >= 0.3 is 5.97 Å². The molecule has 2 aromatic rings. The van der Waals surface area contributed by atoms with Gasteiger partial charge in [-0.3, -0.25) is 9.20 Å². The summed E-state index contributed by atoms with van der Waals surface area (Å²) in [6.45, 7) is 0. The summed E-state index contributed by atoms with van der Waals surface area (Å²) >= 11 is 1.58. The van der Waals surface area contributed by atoms with Crippen molar-refractivity contribution in [1.29, 1.82) is 0 Å². The number of imidazole rings is 1. The number of aromatic nitrogens is 2. The molecule has 0 aromatic carbocycles. The molecule has 0 fully saturated rings. The molecule has 0 spiro atoms. The van der Waals surface area contributed by atoms with Crippen LogP contribution in [0.1, 0.15) is 12.1 Å². The zero-order valence-electron chi connectivity index (χ0n) is 7.77. The number of ether oxygens (including phenoxy) is 1. The van der Waals surface area contributed by atoms with Crippen LogP contribution in [-0.4, -0.2) is 22.5 Å². The topological polar surface area (TPSA) is 43.6 Å². The van der Waals surface area contributed by atoms with Crippen LogP contribution in [0.4, 0.5) is 0 Å². The highest BCUT2D eigenvalue weighted by Crippen LogP contribution is 2.15. The molecule has 2 heterocycles. The molecule has 4 nitrogen and oxygen atoms in total. The fourth-order valence-corrected chi connectivity index (χ4v) is 2.17. The molecule has 0 unspecified atom stereocenters. The van der Waals surface area contributed by atoms with E-state index in [2.05, 4.69) is 9.72 Å². The molecule has 0 aliphatic carbocycles. The Balaban J connectivity index is 2.11. The molecule has 0 amide bonds. The predicted molar refractivity (Wildman–Crippen MR) is 53.4 cm³/mol. The number of hydrogen-bond donors (Lipinski definition) is 0. The third-order valence-electron chi connectivity index (χ3n) is 2.03. The first-order chi connectivity index (χ1) is 6.81. The van der Waals surface area contributed by atoms with Crippen LogP contribution in [0.15, 0.2) is 17.8 Å². The smallest absolute Gasteiger partial charge is 0.305 e. The first-order valence-electron chi connectivity index (χ1n) is 4.27. The lowest BCUT2D eigenvalue weighted by Gasteiger charge is -1.98. The Morgan fingerprint density at radius 2 is 2.57 bits per heavy atom. The molecular formula is C9H10N2O2S. The minimum Gasteiger partial charge on any atom is -0.469 e. The van der Waals surface area contributed by atoms with Gasteiger partial charge in [-0.2, -0.15) is 0 Å². The van der Waals surface area contributed by atoms with Gasteiger partial charge in [-0.05, 0) is 6.42 Å². The molecule has 0 atom stereocenters. The Morgan fingerprint density at radius 1 is 1.71 bits per heavy atom. The summed E-state index contributed by atoms with van der Waals surface area (Å²) in [5, 5.41) is 2.02. The van der Waals surface area contributed by atoms with E-state index in [9.17, 15) is 4.79 Å². The van der Waals surface area contributed by atoms with Gasteiger partial charge < -0.3 is 4.74 Å². The second-order valence-corrected chi connectivity index (χ2v) is 3.72. The number of rotatable bonds is 3. The van der Waals surface area contributed by atoms with Gasteiger partial charge in [0.2, 0.25) is 0 Å². The molecule has 0 bridgehead atoms. The third-order valence-corrected chi connectivity index (χ3v) is 2.93. The Kier molecular flexibility index (Phi) is 2.49. The number of nitrogens with zero attached hydrogens (tertiary/aromatic N) is 2. The molecule has 74 valence electrons. The van der Waals surface area contributed by atoms with E-state index in [1.807, 2.05) is 16.0 Å². The summed E-state index contributed by atoms with van der Waals surface area (Å²) in [4.78, 5) is 16.1. The minimum atomic E-state index is -0.176. The normalized spacial score (nSPS) is 10.6. The van der Waals surface area contributed by atoms with Crippen molar-refractivity contribution >= 4 is 22.3 Å². The van der Waals surface area contributed by atoms with Gasteiger partial charge in [-0.1, -0.05) is 0 Å². The van der Waals surface area contributed by atoms with Crippen molar-refractivity contribution < 1.29 is 9.53 Å². The average Bonchev–Trinajstić information content (AvgIpc) is 2.76. The fraction of sp³-hybridized carbons (Fsp3) is 0.333. The number of carbonyl (C=O) groups excluding carboxylic acids is 1. The first-order valence-corrected chi connectivity index (χ1v) is 5.15. The predicted octanol–water partition coefficient (Wildman–Crippen LogP) is 1.50. The number of carbonyl (C=O) groups is 1. The lowest BCUT2D eigenvalue weighted by atomic mass is 10.2. The van der Waals surface area contributed by atoms with E-state index in [1.165, 1.54) is 7.11 Å². The van der Waals surface area contributed by atoms with Crippen molar-refractivity contribution in [2.24, 2.45) is 0 Å². The maximum absolute atomic E-state index is 10.9. The molecule has 0 saturated heterocycles. The minimum absolute atomic E-state index is 0.176. The molecule has 0 radical (unpaired) electrons. The lowest BCUT2D eigenvalue weighted by molar-refractivity contribution is -0.140. The van der Waals surface area contributed by atoms with E-state index in [-0.39, 0.29) is 5.97 Å². The Labute approximate surface area is 85.1 Å². The highest BCUT2D eigenvalue weighted by atomic mass is 32.1. The zero-order chi connectivity index (χ0) is 9.97. The van der Waals surface area contributed by atoms with E-state index in [4.69, 9.17) is 0 Å². The molecule has 0 aliphatic rings. The van der Waals surface area contributed by atoms with Crippen molar-refractivity contribution in [3.8, 4) is 0 Å². The molecule has 2 aromatic heterocycles. The molecule has 14 heavy (non-hydrogen) atoms. The van der Waals surface area contributed by atoms with Crippen LogP contribution in [0.25, 0.3) is 4.96 Å². The van der Waals surface area contributed by atoms with Crippen LogP contribution in [0.5, 0.6) is 0 Å². The second-order valence-electron chi connectivity index (χ2n) is 2.88. The van der Waals surface area contributed by atoms with Crippen LogP contribution in [0.3, 0.4) is 0 Å². The maximum Gasteiger partial charge on any atom is 0.305 e. The third kappa shape index (κ3) is 1.63. The molecule has 2 rings (SSSR count). The largest absolute Gasteiger partial charge is 0.469 e. The van der Waals surface area contributed by atoms with E-state index in [0.717, 1.165) is 10.7 Å². The summed E-state index contributed by atoms with van der Waals surface area (Å²) in [7, 11) is 1.41. The van der Waals surface area contributed by atoms with E-state index in [0.29, 0.717) is 12.8 Å². The van der Waals surface area contributed by atoms with E-state index < -0.39 is 0 Å². The molecule has 0 N–H and O–H groups in total. The van der Waals surface area contributed by atoms with Gasteiger partial charge in [0, 0.05) is 23.5 Å². The first kappa shape index (κ1) is 9.21. The van der Waals surface area contributed by atoms with Crippen LogP contribution >= 0.6 is 11.3 Å². The monoisotopic (exact) mass is 210 g/mol. The zero-order valence-corrected chi connectivity index (χ0v) is 8.58. The van der Waals surface area contributed by atoms with Crippen molar-refractivity contribution in [2.75, 3.05) is 7.11 Å². The van der Waals surface area contributed by atoms with Gasteiger partial charge in [-0.25, -0.2) is 4.98 Å². The van der Waals surface area contributed by atoms with Gasteiger partial charge in [0.1, 0.15) is 0 Å². The molecule has 0 saturated carbocycles. The fourth-order valence-electron chi connectivity index (χ4n) is 1.28. The number of aryl methyl sites for hydroxylation is 1. The second kappa shape index (κ2) is 3.79. The van der Waals surface area contributed by atoms with Gasteiger partial charge in [-0.15, -0.1) is 11.3 Å². The van der Waals surface area contributed by atoms with E-state index >= 15 is 0 Å². The van der Waals surface area contributed by atoms with Crippen molar-refractivity contribution in [2.45, 2.75) is 12.8 Å².